The molecule has 0 aliphatic carbocycles. The molecule has 2 nitrogen and oxygen atoms in total. The van der Waals surface area contributed by atoms with Crippen LogP contribution in [0, 0.1) is 7.14 Å². The van der Waals surface area contributed by atoms with E-state index in [9.17, 15) is 4.79 Å². The van der Waals surface area contributed by atoms with Crippen molar-refractivity contribution in [2.45, 2.75) is 6.54 Å². The Balaban J connectivity index is 0.000000224. The molecule has 0 unspecified atom stereocenters. The number of carbonyl (C=O) groups is 1. The van der Waals surface area contributed by atoms with Gasteiger partial charge in [0.05, 0.1) is 0 Å². The highest BCUT2D eigenvalue weighted by atomic mass is 127. The Bertz CT molecular complexity index is 648. The molecule has 6 heteroatoms. The van der Waals surface area contributed by atoms with E-state index in [1.165, 1.54) is 13.6 Å². The van der Waals surface area contributed by atoms with Crippen LogP contribution in [-0.2, 0) is 6.54 Å². The van der Waals surface area contributed by atoms with Crippen molar-refractivity contribution in [3.8, 4) is 0 Å². The fourth-order valence-corrected chi connectivity index (χ4v) is 4.40. The van der Waals surface area contributed by atoms with Gasteiger partial charge in [-0.1, -0.05) is 37.9 Å². The van der Waals surface area contributed by atoms with Gasteiger partial charge in [-0.15, -0.1) is 0 Å². The first-order valence-electron chi connectivity index (χ1n) is 6.32. The Morgan fingerprint density at radius 1 is 1.00 bits per heavy atom. The zero-order valence-electron chi connectivity index (χ0n) is 12.1. The van der Waals surface area contributed by atoms with Gasteiger partial charge >= 0.3 is 0 Å². The van der Waals surface area contributed by atoms with Gasteiger partial charge in [-0.05, 0) is 95.2 Å². The molecule has 118 valence electrons. The van der Waals surface area contributed by atoms with Crippen LogP contribution in [0.3, 0.4) is 0 Å². The SMILES string of the molecule is CN(C)Cc1ccc(I)cc1Br.O=Cc1ccc(I)cc1Br. The smallest absolute Gasteiger partial charge is 0.151 e. The molecule has 0 saturated heterocycles. The van der Waals surface area contributed by atoms with Crippen molar-refractivity contribution < 1.29 is 4.79 Å². The third-order valence-electron chi connectivity index (χ3n) is 2.59. The topological polar surface area (TPSA) is 20.3 Å². The predicted octanol–water partition coefficient (Wildman–Crippen LogP) is 5.98. The molecule has 2 aromatic rings. The zero-order valence-corrected chi connectivity index (χ0v) is 19.6. The molecule has 0 saturated carbocycles. The maximum absolute atomic E-state index is 10.3. The summed E-state index contributed by atoms with van der Waals surface area (Å²) in [6.07, 6.45) is 0.833. The van der Waals surface area contributed by atoms with E-state index >= 15 is 0 Å². The molecule has 0 bridgehead atoms. The summed E-state index contributed by atoms with van der Waals surface area (Å²) in [5.74, 6) is 0. The summed E-state index contributed by atoms with van der Waals surface area (Å²) in [7, 11) is 4.15. The molecular formula is C16H15Br2I2NO. The van der Waals surface area contributed by atoms with E-state index in [1.54, 1.807) is 6.07 Å². The summed E-state index contributed by atoms with van der Waals surface area (Å²) in [5, 5.41) is 0. The fraction of sp³-hybridized carbons (Fsp3) is 0.188. The standard InChI is InChI=1S/C9H11BrIN.C7H4BrIO/c1-12(2)6-7-3-4-8(11)5-9(7)10;8-7-3-6(9)2-1-5(7)4-10/h3-5H,6H2,1-2H3;1-4H. The van der Waals surface area contributed by atoms with Crippen LogP contribution in [0.25, 0.3) is 0 Å². The summed E-state index contributed by atoms with van der Waals surface area (Å²) in [5.41, 5.74) is 2.03. The van der Waals surface area contributed by atoms with Crippen LogP contribution >= 0.6 is 77.0 Å². The normalized spacial score (nSPS) is 10.1. The molecule has 0 amide bonds. The number of nitrogens with zero attached hydrogens (tertiary/aromatic N) is 1. The second-order valence-electron chi connectivity index (χ2n) is 4.76. The van der Waals surface area contributed by atoms with Gasteiger partial charge in [0, 0.05) is 28.2 Å². The summed E-state index contributed by atoms with van der Waals surface area (Å²) in [6, 6.07) is 12.0. The minimum Gasteiger partial charge on any atom is -0.305 e. The highest BCUT2D eigenvalue weighted by Crippen LogP contribution is 2.20. The predicted molar refractivity (Wildman–Crippen MR) is 116 cm³/mol. The molecule has 22 heavy (non-hydrogen) atoms. The first-order chi connectivity index (χ1) is 10.3. The Morgan fingerprint density at radius 2 is 1.55 bits per heavy atom. The van der Waals surface area contributed by atoms with Crippen LogP contribution in [0.1, 0.15) is 15.9 Å². The maximum Gasteiger partial charge on any atom is 0.151 e. The lowest BCUT2D eigenvalue weighted by Gasteiger charge is -2.11. The van der Waals surface area contributed by atoms with E-state index in [2.05, 4.69) is 114 Å². The van der Waals surface area contributed by atoms with Crippen molar-refractivity contribution in [1.82, 2.24) is 4.90 Å². The highest BCUT2D eigenvalue weighted by Gasteiger charge is 2.00. The van der Waals surface area contributed by atoms with Gasteiger partial charge in [-0.2, -0.15) is 0 Å². The van der Waals surface area contributed by atoms with Crippen molar-refractivity contribution in [2.75, 3.05) is 14.1 Å². The van der Waals surface area contributed by atoms with Crippen LogP contribution in [0.5, 0.6) is 0 Å². The molecule has 0 aliphatic rings. The van der Waals surface area contributed by atoms with Gasteiger partial charge in [0.25, 0.3) is 0 Å². The summed E-state index contributed by atoms with van der Waals surface area (Å²) >= 11 is 11.3. The van der Waals surface area contributed by atoms with Gasteiger partial charge in [0.2, 0.25) is 0 Å². The molecule has 2 aromatic carbocycles. The lowest BCUT2D eigenvalue weighted by Crippen LogP contribution is -2.10. The van der Waals surface area contributed by atoms with E-state index in [4.69, 9.17) is 0 Å². The van der Waals surface area contributed by atoms with Crippen molar-refractivity contribution in [3.05, 3.63) is 63.6 Å². The van der Waals surface area contributed by atoms with Crippen molar-refractivity contribution >= 4 is 83.3 Å². The van der Waals surface area contributed by atoms with E-state index in [1.807, 2.05) is 12.1 Å². The molecule has 0 spiro atoms. The molecule has 0 aliphatic heterocycles. The lowest BCUT2D eigenvalue weighted by molar-refractivity contribution is 0.112. The Labute approximate surface area is 175 Å². The number of hydrogen-bond donors (Lipinski definition) is 0. The summed E-state index contributed by atoms with van der Waals surface area (Å²) < 4.78 is 4.44. The second kappa shape index (κ2) is 10.4. The number of benzene rings is 2. The summed E-state index contributed by atoms with van der Waals surface area (Å²) in [6.45, 7) is 0.984. The second-order valence-corrected chi connectivity index (χ2v) is 8.96. The highest BCUT2D eigenvalue weighted by molar-refractivity contribution is 14.1. The number of carbonyl (C=O) groups excluding carboxylic acids is 1. The number of hydrogen-bond acceptors (Lipinski definition) is 2. The molecule has 2 rings (SSSR count). The van der Waals surface area contributed by atoms with Crippen LogP contribution in [0.4, 0.5) is 0 Å². The van der Waals surface area contributed by atoms with Crippen LogP contribution in [-0.4, -0.2) is 25.3 Å². The average molecular weight is 651 g/mol. The van der Waals surface area contributed by atoms with Gasteiger partial charge in [-0.3, -0.25) is 4.79 Å². The molecule has 0 fully saturated rings. The monoisotopic (exact) mass is 649 g/mol. The number of halogens is 4. The minimum atomic E-state index is 0.695. The minimum absolute atomic E-state index is 0.695. The van der Waals surface area contributed by atoms with Gasteiger partial charge in [-0.25, -0.2) is 0 Å². The fourth-order valence-electron chi connectivity index (χ4n) is 1.59. The third-order valence-corrected chi connectivity index (χ3v) is 5.36. The van der Waals surface area contributed by atoms with Gasteiger partial charge in [0.1, 0.15) is 0 Å². The number of aldehydes is 1. The molecule has 0 aromatic heterocycles. The van der Waals surface area contributed by atoms with E-state index in [0.29, 0.717) is 5.56 Å². The molecule has 0 atom stereocenters. The van der Waals surface area contributed by atoms with Crippen LogP contribution < -0.4 is 0 Å². The lowest BCUT2D eigenvalue weighted by atomic mass is 10.2. The van der Waals surface area contributed by atoms with Crippen LogP contribution in [0.15, 0.2) is 45.3 Å². The first kappa shape index (κ1) is 20.5. The molecule has 0 N–H and O–H groups in total. The Morgan fingerprint density at radius 3 is 2.00 bits per heavy atom. The largest absolute Gasteiger partial charge is 0.305 e. The van der Waals surface area contributed by atoms with Crippen molar-refractivity contribution in [2.24, 2.45) is 0 Å². The van der Waals surface area contributed by atoms with Gasteiger partial charge < -0.3 is 4.90 Å². The zero-order chi connectivity index (χ0) is 16.7. The summed E-state index contributed by atoms with van der Waals surface area (Å²) in [4.78, 5) is 12.5. The third kappa shape index (κ3) is 7.37. The molecule has 0 radical (unpaired) electrons. The molecular weight excluding hydrogens is 636 g/mol. The number of rotatable bonds is 3. The Hall–Kier alpha value is 0.490. The Kier molecular flexibility index (Phi) is 9.68. The van der Waals surface area contributed by atoms with E-state index in [-0.39, 0.29) is 0 Å². The molecule has 0 heterocycles. The van der Waals surface area contributed by atoms with E-state index < -0.39 is 0 Å². The maximum atomic E-state index is 10.3. The van der Waals surface area contributed by atoms with Crippen molar-refractivity contribution in [3.63, 3.8) is 0 Å². The first-order valence-corrected chi connectivity index (χ1v) is 10.1. The quantitative estimate of drug-likeness (QED) is 0.301. The van der Waals surface area contributed by atoms with E-state index in [0.717, 1.165) is 20.9 Å². The van der Waals surface area contributed by atoms with Crippen LogP contribution in [0.2, 0.25) is 0 Å². The van der Waals surface area contributed by atoms with Gasteiger partial charge in [0.15, 0.2) is 6.29 Å². The average Bonchev–Trinajstić information content (AvgIpc) is 2.42. The van der Waals surface area contributed by atoms with Crippen molar-refractivity contribution in [1.29, 1.82) is 0 Å².